The average molecular weight is 171 g/mol. The fraction of sp³-hybridized carbons (Fsp3) is 0.875. The van der Waals surface area contributed by atoms with Crippen molar-refractivity contribution in [3.63, 3.8) is 0 Å². The smallest absolute Gasteiger partial charge is 0.233 e. The van der Waals surface area contributed by atoms with Gasteiger partial charge in [-0.25, -0.2) is 0 Å². The van der Waals surface area contributed by atoms with Crippen LogP contribution in [0.15, 0.2) is 5.16 Å². The Balaban J connectivity index is 2.66. The van der Waals surface area contributed by atoms with Crippen molar-refractivity contribution in [1.29, 1.82) is 0 Å². The van der Waals surface area contributed by atoms with Gasteiger partial charge in [0.15, 0.2) is 0 Å². The molecule has 0 bridgehead atoms. The molecule has 0 spiro atoms. The molecule has 4 heteroatoms. The maximum atomic E-state index is 8.52. The summed E-state index contributed by atoms with van der Waals surface area (Å²) in [6.45, 7) is 5.25. The molecule has 2 atom stereocenters. The lowest BCUT2D eigenvalue weighted by molar-refractivity contribution is 0.280. The Kier molecular flexibility index (Phi) is 2.78. The predicted molar refractivity (Wildman–Crippen MR) is 48.0 cm³/mol. The maximum Gasteiger partial charge on any atom is 0.233 e. The van der Waals surface area contributed by atoms with Crippen molar-refractivity contribution >= 4 is 5.96 Å². The van der Waals surface area contributed by atoms with Crippen LogP contribution in [-0.4, -0.2) is 28.7 Å². The number of hydrogen-bond donors (Lipinski definition) is 2. The number of nitrogens with two attached hydrogens (primary N) is 1. The van der Waals surface area contributed by atoms with Crippen molar-refractivity contribution in [3.05, 3.63) is 0 Å². The zero-order valence-corrected chi connectivity index (χ0v) is 7.70. The van der Waals surface area contributed by atoms with Gasteiger partial charge in [-0.05, 0) is 18.8 Å². The molecule has 12 heavy (non-hydrogen) atoms. The van der Waals surface area contributed by atoms with Gasteiger partial charge in [0.1, 0.15) is 0 Å². The van der Waals surface area contributed by atoms with E-state index in [0.29, 0.717) is 12.0 Å². The number of rotatable bonds is 1. The summed E-state index contributed by atoms with van der Waals surface area (Å²) in [4.78, 5) is 1.98. The molecular weight excluding hydrogens is 154 g/mol. The van der Waals surface area contributed by atoms with E-state index in [9.17, 15) is 0 Å². The predicted octanol–water partition coefficient (Wildman–Crippen LogP) is 0.811. The molecule has 0 aromatic heterocycles. The topological polar surface area (TPSA) is 61.8 Å². The Labute approximate surface area is 73.0 Å². The van der Waals surface area contributed by atoms with Crippen molar-refractivity contribution in [3.8, 4) is 0 Å². The minimum absolute atomic E-state index is 0.256. The van der Waals surface area contributed by atoms with Crippen LogP contribution in [0.2, 0.25) is 0 Å². The molecule has 0 amide bonds. The SMILES string of the molecule is CCC1C(C)CCN1/C(N)=N/O. The van der Waals surface area contributed by atoms with Crippen molar-refractivity contribution in [1.82, 2.24) is 4.90 Å². The number of guanidine groups is 1. The first-order chi connectivity index (χ1) is 5.70. The third-order valence-corrected chi connectivity index (χ3v) is 2.70. The molecule has 0 saturated carbocycles. The molecule has 0 aromatic rings. The molecule has 0 radical (unpaired) electrons. The van der Waals surface area contributed by atoms with Gasteiger partial charge in [-0.1, -0.05) is 19.0 Å². The highest BCUT2D eigenvalue weighted by molar-refractivity contribution is 5.78. The lowest BCUT2D eigenvalue weighted by Gasteiger charge is -2.25. The van der Waals surface area contributed by atoms with Crippen molar-refractivity contribution < 1.29 is 5.21 Å². The first kappa shape index (κ1) is 9.16. The summed E-state index contributed by atoms with van der Waals surface area (Å²) in [5.74, 6) is 0.904. The van der Waals surface area contributed by atoms with Gasteiger partial charge in [-0.15, -0.1) is 0 Å². The first-order valence-electron chi connectivity index (χ1n) is 4.44. The molecule has 70 valence electrons. The molecule has 3 N–H and O–H groups in total. The summed E-state index contributed by atoms with van der Waals surface area (Å²) in [5, 5.41) is 11.5. The van der Waals surface area contributed by atoms with Crippen molar-refractivity contribution in [2.24, 2.45) is 16.8 Å². The summed E-state index contributed by atoms with van der Waals surface area (Å²) < 4.78 is 0. The summed E-state index contributed by atoms with van der Waals surface area (Å²) in [7, 11) is 0. The zero-order chi connectivity index (χ0) is 9.14. The van der Waals surface area contributed by atoms with E-state index >= 15 is 0 Å². The lowest BCUT2D eigenvalue weighted by atomic mass is 10.0. The first-order valence-corrected chi connectivity index (χ1v) is 4.44. The maximum absolute atomic E-state index is 8.52. The van der Waals surface area contributed by atoms with Crippen LogP contribution in [0.3, 0.4) is 0 Å². The molecule has 1 aliphatic heterocycles. The molecule has 1 aliphatic rings. The van der Waals surface area contributed by atoms with Crippen LogP contribution in [0.1, 0.15) is 26.7 Å². The van der Waals surface area contributed by atoms with Gasteiger partial charge >= 0.3 is 0 Å². The highest BCUT2D eigenvalue weighted by Gasteiger charge is 2.30. The van der Waals surface area contributed by atoms with Crippen LogP contribution in [0, 0.1) is 5.92 Å². The normalized spacial score (nSPS) is 31.2. The fourth-order valence-corrected chi connectivity index (χ4v) is 1.97. The molecule has 1 rings (SSSR count). The van der Waals surface area contributed by atoms with Crippen LogP contribution in [0.5, 0.6) is 0 Å². The quantitative estimate of drug-likeness (QED) is 0.265. The van der Waals surface area contributed by atoms with Gasteiger partial charge in [0.05, 0.1) is 0 Å². The molecular formula is C8H17N3O. The van der Waals surface area contributed by atoms with Crippen LogP contribution in [-0.2, 0) is 0 Å². The minimum Gasteiger partial charge on any atom is -0.408 e. The van der Waals surface area contributed by atoms with Gasteiger partial charge in [0, 0.05) is 12.6 Å². The van der Waals surface area contributed by atoms with E-state index in [2.05, 4.69) is 19.0 Å². The van der Waals surface area contributed by atoms with Crippen LogP contribution in [0.25, 0.3) is 0 Å². The Hall–Kier alpha value is -0.930. The standard InChI is InChI=1S/C8H17N3O/c1-3-7-6(2)4-5-11(7)8(9)10-12/h6-7,12H,3-5H2,1-2H3,(H2,9,10). The van der Waals surface area contributed by atoms with Gasteiger partial charge in [-0.3, -0.25) is 0 Å². The number of oxime groups is 1. The van der Waals surface area contributed by atoms with Crippen LogP contribution in [0.4, 0.5) is 0 Å². The third-order valence-electron chi connectivity index (χ3n) is 2.70. The molecule has 1 saturated heterocycles. The van der Waals surface area contributed by atoms with Gasteiger partial charge in [0.25, 0.3) is 0 Å². The molecule has 0 aromatic carbocycles. The van der Waals surface area contributed by atoms with Crippen molar-refractivity contribution in [2.45, 2.75) is 32.7 Å². The Bertz CT molecular complexity index is 181. The Morgan fingerprint density at radius 1 is 1.75 bits per heavy atom. The van der Waals surface area contributed by atoms with E-state index in [-0.39, 0.29) is 5.96 Å². The van der Waals surface area contributed by atoms with E-state index in [1.165, 1.54) is 0 Å². The van der Waals surface area contributed by atoms with E-state index < -0.39 is 0 Å². The Morgan fingerprint density at radius 2 is 2.42 bits per heavy atom. The van der Waals surface area contributed by atoms with E-state index in [1.54, 1.807) is 0 Å². The molecule has 4 nitrogen and oxygen atoms in total. The summed E-state index contributed by atoms with van der Waals surface area (Å²) in [6, 6.07) is 0.445. The molecule has 2 unspecified atom stereocenters. The highest BCUT2D eigenvalue weighted by Crippen LogP contribution is 2.25. The molecule has 1 heterocycles. The van der Waals surface area contributed by atoms with Gasteiger partial charge in [-0.2, -0.15) is 0 Å². The van der Waals surface area contributed by atoms with E-state index in [0.717, 1.165) is 19.4 Å². The molecule has 1 fully saturated rings. The third kappa shape index (κ3) is 1.47. The Morgan fingerprint density at radius 3 is 2.92 bits per heavy atom. The average Bonchev–Trinajstić information content (AvgIpc) is 2.45. The lowest BCUT2D eigenvalue weighted by Crippen LogP contribution is -2.41. The monoisotopic (exact) mass is 171 g/mol. The van der Waals surface area contributed by atoms with Gasteiger partial charge < -0.3 is 15.8 Å². The second-order valence-corrected chi connectivity index (χ2v) is 3.39. The number of hydrogen-bond acceptors (Lipinski definition) is 2. The van der Waals surface area contributed by atoms with Gasteiger partial charge in [0.2, 0.25) is 5.96 Å². The zero-order valence-electron chi connectivity index (χ0n) is 7.70. The summed E-state index contributed by atoms with van der Waals surface area (Å²) in [5.41, 5.74) is 5.53. The second kappa shape index (κ2) is 3.65. The summed E-state index contributed by atoms with van der Waals surface area (Å²) >= 11 is 0. The van der Waals surface area contributed by atoms with E-state index in [1.807, 2.05) is 4.90 Å². The largest absolute Gasteiger partial charge is 0.408 e. The van der Waals surface area contributed by atoms with E-state index in [4.69, 9.17) is 10.9 Å². The second-order valence-electron chi connectivity index (χ2n) is 3.39. The highest BCUT2D eigenvalue weighted by atomic mass is 16.4. The van der Waals surface area contributed by atoms with Crippen molar-refractivity contribution in [2.75, 3.05) is 6.54 Å². The minimum atomic E-state index is 0.256. The number of nitrogens with zero attached hydrogens (tertiary/aromatic N) is 2. The molecule has 0 aliphatic carbocycles. The number of likely N-dealkylation sites (tertiary alicyclic amines) is 1. The fourth-order valence-electron chi connectivity index (χ4n) is 1.97. The van der Waals surface area contributed by atoms with Crippen LogP contribution < -0.4 is 5.73 Å². The summed E-state index contributed by atoms with van der Waals surface area (Å²) in [6.07, 6.45) is 2.19. The van der Waals surface area contributed by atoms with Crippen LogP contribution >= 0.6 is 0 Å².